The molecule has 1 N–H and O–H groups in total. The lowest BCUT2D eigenvalue weighted by Gasteiger charge is -2.34. The molecule has 0 aliphatic carbocycles. The van der Waals surface area contributed by atoms with Gasteiger partial charge in [0.25, 0.3) is 0 Å². The fraction of sp³-hybridized carbons (Fsp3) is 0.368. The summed E-state index contributed by atoms with van der Waals surface area (Å²) >= 11 is 0. The summed E-state index contributed by atoms with van der Waals surface area (Å²) in [7, 11) is 0. The van der Waals surface area contributed by atoms with Gasteiger partial charge in [0, 0.05) is 51.4 Å². The zero-order valence-corrected chi connectivity index (χ0v) is 14.1. The second kappa shape index (κ2) is 8.07. The van der Waals surface area contributed by atoms with Crippen molar-refractivity contribution in [3.8, 4) is 0 Å². The third-order valence-electron chi connectivity index (χ3n) is 4.52. The molecule has 0 unspecified atom stereocenters. The molecule has 0 atom stereocenters. The van der Waals surface area contributed by atoms with Crippen molar-refractivity contribution in [1.29, 1.82) is 0 Å². The van der Waals surface area contributed by atoms with Crippen molar-refractivity contribution in [3.63, 3.8) is 0 Å². The van der Waals surface area contributed by atoms with Crippen LogP contribution >= 0.6 is 0 Å². The monoisotopic (exact) mass is 343 g/mol. The maximum atomic E-state index is 12.9. The molecule has 1 aliphatic heterocycles. The first-order valence-electron chi connectivity index (χ1n) is 8.52. The van der Waals surface area contributed by atoms with Gasteiger partial charge >= 0.3 is 0 Å². The number of carbonyl (C=O) groups excluding carboxylic acids is 1. The van der Waals surface area contributed by atoms with E-state index in [4.69, 9.17) is 0 Å². The summed E-state index contributed by atoms with van der Waals surface area (Å²) in [6.07, 6.45) is 2.82. The van der Waals surface area contributed by atoms with Crippen LogP contribution in [-0.2, 0) is 17.8 Å². The first kappa shape index (κ1) is 17.4. The number of piperazine rings is 1. The Hall–Kier alpha value is -2.47. The van der Waals surface area contributed by atoms with E-state index in [0.29, 0.717) is 25.9 Å². The van der Waals surface area contributed by atoms with E-state index in [1.807, 2.05) is 11.0 Å². The van der Waals surface area contributed by atoms with Gasteiger partial charge in [0.1, 0.15) is 5.82 Å². The highest BCUT2D eigenvalue weighted by molar-refractivity contribution is 5.76. The molecule has 1 amide bonds. The largest absolute Gasteiger partial charge is 0.340 e. The number of halogens is 1. The molecule has 1 aromatic heterocycles. The number of aromatic nitrogens is 1. The number of rotatable bonds is 5. The molecule has 0 saturated carbocycles. The summed E-state index contributed by atoms with van der Waals surface area (Å²) in [6, 6.07) is 9.67. The highest BCUT2D eigenvalue weighted by atomic mass is 19.1. The van der Waals surface area contributed by atoms with Gasteiger partial charge in [-0.05, 0) is 29.7 Å². The summed E-state index contributed by atoms with van der Waals surface area (Å²) in [4.78, 5) is 30.3. The van der Waals surface area contributed by atoms with Crippen LogP contribution in [0, 0.1) is 5.82 Å². The predicted octanol–water partition coefficient (Wildman–Crippen LogP) is 1.79. The van der Waals surface area contributed by atoms with Crippen LogP contribution in [0.25, 0.3) is 0 Å². The average molecular weight is 343 g/mol. The predicted molar refractivity (Wildman–Crippen MR) is 93.6 cm³/mol. The van der Waals surface area contributed by atoms with E-state index in [9.17, 15) is 14.0 Å². The molecule has 0 bridgehead atoms. The molecule has 1 fully saturated rings. The van der Waals surface area contributed by atoms with Gasteiger partial charge in [-0.1, -0.05) is 18.2 Å². The Morgan fingerprint density at radius 1 is 1.00 bits per heavy atom. The standard InChI is InChI=1S/C19H22FN3O2/c20-17-5-1-15(2-6-17)4-8-19(25)23-11-9-22(10-12-23)14-16-3-7-18(24)21-13-16/h1-3,5-7,13H,4,8-12,14H2,(H,21,24). The molecule has 25 heavy (non-hydrogen) atoms. The Labute approximate surface area is 146 Å². The van der Waals surface area contributed by atoms with Crippen LogP contribution in [0.1, 0.15) is 17.5 Å². The van der Waals surface area contributed by atoms with Crippen molar-refractivity contribution >= 4 is 5.91 Å². The van der Waals surface area contributed by atoms with E-state index in [-0.39, 0.29) is 17.3 Å². The van der Waals surface area contributed by atoms with Gasteiger partial charge in [0.2, 0.25) is 11.5 Å². The van der Waals surface area contributed by atoms with E-state index < -0.39 is 0 Å². The van der Waals surface area contributed by atoms with Crippen LogP contribution in [0.5, 0.6) is 0 Å². The van der Waals surface area contributed by atoms with Gasteiger partial charge in [0.05, 0.1) is 0 Å². The number of aromatic amines is 1. The molecule has 2 aromatic rings. The Kier molecular flexibility index (Phi) is 5.60. The fourth-order valence-electron chi connectivity index (χ4n) is 3.02. The van der Waals surface area contributed by atoms with Crippen LogP contribution < -0.4 is 5.56 Å². The van der Waals surface area contributed by atoms with Crippen molar-refractivity contribution in [2.24, 2.45) is 0 Å². The molecular weight excluding hydrogens is 321 g/mol. The Morgan fingerprint density at radius 3 is 2.32 bits per heavy atom. The third kappa shape index (κ3) is 5.00. The van der Waals surface area contributed by atoms with Crippen molar-refractivity contribution in [1.82, 2.24) is 14.8 Å². The van der Waals surface area contributed by atoms with Gasteiger partial charge in [-0.2, -0.15) is 0 Å². The number of benzene rings is 1. The summed E-state index contributed by atoms with van der Waals surface area (Å²) < 4.78 is 12.9. The molecule has 1 aliphatic rings. The SMILES string of the molecule is O=C(CCc1ccc(F)cc1)N1CCN(Cc2ccc(=O)[nH]c2)CC1. The Balaban J connectivity index is 1.43. The molecule has 0 radical (unpaired) electrons. The zero-order chi connectivity index (χ0) is 17.6. The van der Waals surface area contributed by atoms with Gasteiger partial charge in [-0.15, -0.1) is 0 Å². The number of carbonyl (C=O) groups is 1. The topological polar surface area (TPSA) is 56.4 Å². The lowest BCUT2D eigenvalue weighted by Crippen LogP contribution is -2.48. The highest BCUT2D eigenvalue weighted by Gasteiger charge is 2.20. The number of pyridine rings is 1. The Morgan fingerprint density at radius 2 is 1.68 bits per heavy atom. The summed E-state index contributed by atoms with van der Waals surface area (Å²) in [6.45, 7) is 3.84. The van der Waals surface area contributed by atoms with Gasteiger partial charge in [-0.25, -0.2) is 4.39 Å². The van der Waals surface area contributed by atoms with E-state index in [1.54, 1.807) is 18.3 Å². The fourth-order valence-corrected chi connectivity index (χ4v) is 3.02. The van der Waals surface area contributed by atoms with E-state index >= 15 is 0 Å². The Bertz CT molecular complexity index is 744. The molecule has 2 heterocycles. The lowest BCUT2D eigenvalue weighted by atomic mass is 10.1. The molecule has 1 aromatic carbocycles. The highest BCUT2D eigenvalue weighted by Crippen LogP contribution is 2.10. The summed E-state index contributed by atoms with van der Waals surface area (Å²) in [5.41, 5.74) is 1.95. The third-order valence-corrected chi connectivity index (χ3v) is 4.52. The van der Waals surface area contributed by atoms with Crippen LogP contribution in [0.15, 0.2) is 47.4 Å². The van der Waals surface area contributed by atoms with Crippen LogP contribution in [0.3, 0.4) is 0 Å². The van der Waals surface area contributed by atoms with Crippen LogP contribution in [0.2, 0.25) is 0 Å². The number of amides is 1. The van der Waals surface area contributed by atoms with E-state index in [0.717, 1.165) is 30.8 Å². The first-order chi connectivity index (χ1) is 12.1. The molecule has 1 saturated heterocycles. The van der Waals surface area contributed by atoms with Crippen LogP contribution in [0.4, 0.5) is 4.39 Å². The second-order valence-electron chi connectivity index (χ2n) is 6.34. The number of nitrogens with zero attached hydrogens (tertiary/aromatic N) is 2. The summed E-state index contributed by atoms with van der Waals surface area (Å²) in [5.74, 6) is -0.110. The molecular formula is C19H22FN3O2. The van der Waals surface area contributed by atoms with Crippen molar-refractivity contribution in [2.75, 3.05) is 26.2 Å². The van der Waals surface area contributed by atoms with Crippen molar-refractivity contribution in [3.05, 3.63) is 69.9 Å². The first-order valence-corrected chi connectivity index (χ1v) is 8.52. The van der Waals surface area contributed by atoms with Gasteiger partial charge in [-0.3, -0.25) is 14.5 Å². The minimum absolute atomic E-state index is 0.0969. The van der Waals surface area contributed by atoms with Gasteiger partial charge in [0.15, 0.2) is 0 Å². The van der Waals surface area contributed by atoms with Crippen molar-refractivity contribution in [2.45, 2.75) is 19.4 Å². The zero-order valence-electron chi connectivity index (χ0n) is 14.1. The summed E-state index contributed by atoms with van der Waals surface area (Å²) in [5, 5.41) is 0. The molecule has 0 spiro atoms. The molecule has 6 heteroatoms. The minimum Gasteiger partial charge on any atom is -0.340 e. The van der Waals surface area contributed by atoms with Crippen LogP contribution in [-0.4, -0.2) is 46.9 Å². The maximum Gasteiger partial charge on any atom is 0.247 e. The molecule has 3 rings (SSSR count). The molecule has 5 nitrogen and oxygen atoms in total. The normalized spacial score (nSPS) is 15.3. The smallest absolute Gasteiger partial charge is 0.247 e. The van der Waals surface area contributed by atoms with Gasteiger partial charge < -0.3 is 9.88 Å². The number of H-pyrrole nitrogens is 1. The minimum atomic E-state index is -0.256. The number of hydrogen-bond donors (Lipinski definition) is 1. The molecule has 132 valence electrons. The maximum absolute atomic E-state index is 12.9. The lowest BCUT2D eigenvalue weighted by molar-refractivity contribution is -0.133. The second-order valence-corrected chi connectivity index (χ2v) is 6.34. The van der Waals surface area contributed by atoms with E-state index in [1.165, 1.54) is 18.2 Å². The van der Waals surface area contributed by atoms with Crippen molar-refractivity contribution < 1.29 is 9.18 Å². The number of aryl methyl sites for hydroxylation is 1. The quantitative estimate of drug-likeness (QED) is 0.901. The number of nitrogens with one attached hydrogen (secondary N) is 1. The average Bonchev–Trinajstić information content (AvgIpc) is 2.63. The van der Waals surface area contributed by atoms with E-state index in [2.05, 4.69) is 9.88 Å². The number of hydrogen-bond acceptors (Lipinski definition) is 3.